The Morgan fingerprint density at radius 2 is 1.92 bits per heavy atom. The number of amides is 1. The van der Waals surface area contributed by atoms with Crippen LogP contribution in [0.1, 0.15) is 45.5 Å². The summed E-state index contributed by atoms with van der Waals surface area (Å²) in [6.45, 7) is 6.80. The third-order valence-electron chi connectivity index (χ3n) is 5.49. The standard InChI is InChI=1S/C21H24N2O/c1-3-15-9-14(2)20-17(10-15)18-11-22-12-19(18)23(21(20)24)13-16-7-5-4-6-8-16/h4-10,18-19,22H,3,11-13H2,1-2H3/t18-,19+/m1/s1. The Balaban J connectivity index is 1.78. The van der Waals surface area contributed by atoms with Crippen LogP contribution < -0.4 is 5.32 Å². The lowest BCUT2D eigenvalue weighted by atomic mass is 9.81. The quantitative estimate of drug-likeness (QED) is 0.941. The van der Waals surface area contributed by atoms with E-state index in [1.54, 1.807) is 0 Å². The van der Waals surface area contributed by atoms with Gasteiger partial charge in [0.1, 0.15) is 0 Å². The number of aryl methyl sites for hydroxylation is 2. The van der Waals surface area contributed by atoms with Crippen LogP contribution in [0.3, 0.4) is 0 Å². The minimum Gasteiger partial charge on any atom is -0.329 e. The SMILES string of the molecule is CCc1cc(C)c2c(c1)[C@H]1CNC[C@@H]1N(Cc1ccccc1)C2=O. The average Bonchev–Trinajstić information content (AvgIpc) is 3.08. The van der Waals surface area contributed by atoms with Crippen molar-refractivity contribution in [1.82, 2.24) is 10.2 Å². The van der Waals surface area contributed by atoms with Gasteiger partial charge in [-0.1, -0.05) is 49.4 Å². The molecular formula is C21H24N2O. The van der Waals surface area contributed by atoms with Gasteiger partial charge in [0.05, 0.1) is 6.04 Å². The minimum atomic E-state index is 0.193. The maximum absolute atomic E-state index is 13.3. The summed E-state index contributed by atoms with van der Waals surface area (Å²) in [5.41, 5.74) is 5.85. The Morgan fingerprint density at radius 1 is 1.12 bits per heavy atom. The third-order valence-corrected chi connectivity index (χ3v) is 5.49. The second kappa shape index (κ2) is 6.06. The number of hydrogen-bond acceptors (Lipinski definition) is 2. The van der Waals surface area contributed by atoms with Gasteiger partial charge in [0.25, 0.3) is 5.91 Å². The number of benzene rings is 2. The predicted molar refractivity (Wildman–Crippen MR) is 96.3 cm³/mol. The zero-order chi connectivity index (χ0) is 16.7. The fraction of sp³-hybridized carbons (Fsp3) is 0.381. The number of carbonyl (C=O) groups excluding carboxylic acids is 1. The van der Waals surface area contributed by atoms with E-state index < -0.39 is 0 Å². The summed E-state index contributed by atoms with van der Waals surface area (Å²) in [6, 6.07) is 15.0. The molecule has 124 valence electrons. The lowest BCUT2D eigenvalue weighted by molar-refractivity contribution is 0.0629. The van der Waals surface area contributed by atoms with Crippen molar-refractivity contribution in [3.05, 3.63) is 70.3 Å². The van der Waals surface area contributed by atoms with Gasteiger partial charge in [-0.3, -0.25) is 4.79 Å². The van der Waals surface area contributed by atoms with E-state index in [2.05, 4.69) is 48.3 Å². The van der Waals surface area contributed by atoms with Crippen molar-refractivity contribution in [2.24, 2.45) is 0 Å². The highest BCUT2D eigenvalue weighted by Crippen LogP contribution is 2.38. The summed E-state index contributed by atoms with van der Waals surface area (Å²) in [4.78, 5) is 15.4. The summed E-state index contributed by atoms with van der Waals surface area (Å²) in [5.74, 6) is 0.602. The molecule has 2 aromatic rings. The lowest BCUT2D eigenvalue weighted by Crippen LogP contribution is -2.48. The van der Waals surface area contributed by atoms with Gasteiger partial charge in [0.2, 0.25) is 0 Å². The van der Waals surface area contributed by atoms with Crippen molar-refractivity contribution >= 4 is 5.91 Å². The highest BCUT2D eigenvalue weighted by molar-refractivity contribution is 5.99. The van der Waals surface area contributed by atoms with Crippen LogP contribution in [-0.4, -0.2) is 29.9 Å². The van der Waals surface area contributed by atoms with Crippen LogP contribution in [0.25, 0.3) is 0 Å². The van der Waals surface area contributed by atoms with E-state index in [1.165, 1.54) is 16.7 Å². The first-order chi connectivity index (χ1) is 11.7. The van der Waals surface area contributed by atoms with Gasteiger partial charge in [-0.05, 0) is 35.6 Å². The van der Waals surface area contributed by atoms with Gasteiger partial charge in [-0.2, -0.15) is 0 Å². The van der Waals surface area contributed by atoms with Crippen molar-refractivity contribution in [3.63, 3.8) is 0 Å². The van der Waals surface area contributed by atoms with Crippen molar-refractivity contribution < 1.29 is 4.79 Å². The van der Waals surface area contributed by atoms with E-state index in [0.717, 1.165) is 30.6 Å². The molecule has 0 unspecified atom stereocenters. The fourth-order valence-electron chi connectivity index (χ4n) is 4.25. The summed E-state index contributed by atoms with van der Waals surface area (Å²) in [6.07, 6.45) is 1.01. The van der Waals surface area contributed by atoms with E-state index >= 15 is 0 Å². The predicted octanol–water partition coefficient (Wildman–Crippen LogP) is 3.27. The van der Waals surface area contributed by atoms with Crippen LogP contribution >= 0.6 is 0 Å². The molecule has 2 aliphatic heterocycles. The molecule has 0 radical (unpaired) electrons. The summed E-state index contributed by atoms with van der Waals surface area (Å²) in [7, 11) is 0. The van der Waals surface area contributed by atoms with Crippen molar-refractivity contribution in [2.45, 2.75) is 38.8 Å². The number of nitrogens with zero attached hydrogens (tertiary/aromatic N) is 1. The Morgan fingerprint density at radius 3 is 2.67 bits per heavy atom. The number of fused-ring (bicyclic) bond motifs is 3. The molecule has 24 heavy (non-hydrogen) atoms. The molecule has 3 nitrogen and oxygen atoms in total. The van der Waals surface area contributed by atoms with Gasteiger partial charge >= 0.3 is 0 Å². The number of carbonyl (C=O) groups is 1. The van der Waals surface area contributed by atoms with Gasteiger partial charge in [-0.15, -0.1) is 0 Å². The summed E-state index contributed by atoms with van der Waals surface area (Å²) >= 11 is 0. The van der Waals surface area contributed by atoms with Crippen LogP contribution in [0.2, 0.25) is 0 Å². The van der Waals surface area contributed by atoms with Crippen molar-refractivity contribution in [2.75, 3.05) is 13.1 Å². The molecule has 0 saturated carbocycles. The van der Waals surface area contributed by atoms with Crippen molar-refractivity contribution in [3.8, 4) is 0 Å². The van der Waals surface area contributed by atoms with Gasteiger partial charge in [0, 0.05) is 31.1 Å². The van der Waals surface area contributed by atoms with E-state index in [4.69, 9.17) is 0 Å². The summed E-state index contributed by atoms with van der Waals surface area (Å²) < 4.78 is 0. The molecule has 2 heterocycles. The second-order valence-corrected chi connectivity index (χ2v) is 6.98. The van der Waals surface area contributed by atoms with Crippen LogP contribution in [0, 0.1) is 6.92 Å². The zero-order valence-electron chi connectivity index (χ0n) is 14.4. The zero-order valence-corrected chi connectivity index (χ0v) is 14.4. The first-order valence-corrected chi connectivity index (χ1v) is 8.88. The lowest BCUT2D eigenvalue weighted by Gasteiger charge is -2.39. The molecule has 0 spiro atoms. The number of nitrogens with one attached hydrogen (secondary N) is 1. The van der Waals surface area contributed by atoms with E-state index in [0.29, 0.717) is 12.5 Å². The molecule has 1 N–H and O–H groups in total. The summed E-state index contributed by atoms with van der Waals surface area (Å²) in [5, 5.41) is 3.50. The van der Waals surface area contributed by atoms with Gasteiger partial charge < -0.3 is 10.2 Å². The normalized spacial score (nSPS) is 22.4. The molecule has 2 atom stereocenters. The molecule has 1 fully saturated rings. The Bertz CT molecular complexity index is 769. The molecule has 0 aromatic heterocycles. The van der Waals surface area contributed by atoms with Gasteiger partial charge in [-0.25, -0.2) is 0 Å². The molecule has 1 amide bonds. The largest absolute Gasteiger partial charge is 0.329 e. The van der Waals surface area contributed by atoms with Gasteiger partial charge in [0.15, 0.2) is 0 Å². The molecule has 3 heteroatoms. The van der Waals surface area contributed by atoms with Crippen LogP contribution in [-0.2, 0) is 13.0 Å². The molecule has 0 aliphatic carbocycles. The molecule has 2 aliphatic rings. The maximum Gasteiger partial charge on any atom is 0.255 e. The smallest absolute Gasteiger partial charge is 0.255 e. The molecule has 4 rings (SSSR count). The van der Waals surface area contributed by atoms with Crippen LogP contribution in [0.4, 0.5) is 0 Å². The Hall–Kier alpha value is -2.13. The first-order valence-electron chi connectivity index (χ1n) is 8.88. The monoisotopic (exact) mass is 320 g/mol. The highest BCUT2D eigenvalue weighted by Gasteiger charge is 2.42. The molecular weight excluding hydrogens is 296 g/mol. The topological polar surface area (TPSA) is 32.3 Å². The molecule has 2 aromatic carbocycles. The number of hydrogen-bond donors (Lipinski definition) is 1. The van der Waals surface area contributed by atoms with E-state index in [-0.39, 0.29) is 11.9 Å². The molecule has 0 bridgehead atoms. The average molecular weight is 320 g/mol. The minimum absolute atomic E-state index is 0.193. The van der Waals surface area contributed by atoms with Crippen molar-refractivity contribution in [1.29, 1.82) is 0 Å². The van der Waals surface area contributed by atoms with E-state index in [9.17, 15) is 4.79 Å². The first kappa shape index (κ1) is 15.4. The van der Waals surface area contributed by atoms with Crippen LogP contribution in [0.15, 0.2) is 42.5 Å². The second-order valence-electron chi connectivity index (χ2n) is 6.98. The van der Waals surface area contributed by atoms with Crippen LogP contribution in [0.5, 0.6) is 0 Å². The maximum atomic E-state index is 13.3. The Labute approximate surface area is 143 Å². The fourth-order valence-corrected chi connectivity index (χ4v) is 4.25. The number of rotatable bonds is 3. The Kier molecular flexibility index (Phi) is 3.89. The highest BCUT2D eigenvalue weighted by atomic mass is 16.2. The van der Waals surface area contributed by atoms with E-state index in [1.807, 2.05) is 18.2 Å². The molecule has 1 saturated heterocycles. The third kappa shape index (κ3) is 2.44.